The number of fused-ring (bicyclic) bond motifs is 7. The van der Waals surface area contributed by atoms with Crippen LogP contribution in [0.5, 0.6) is 0 Å². The third-order valence-electron chi connectivity index (χ3n) is 15.5. The number of hydrogen-bond acceptors (Lipinski definition) is 10. The summed E-state index contributed by atoms with van der Waals surface area (Å²) in [4.78, 5) is 27.7. The first-order chi connectivity index (χ1) is 22.0. The highest BCUT2D eigenvalue weighted by molar-refractivity contribution is 5.81. The normalized spacial score (nSPS) is 52.5. The summed E-state index contributed by atoms with van der Waals surface area (Å²) < 4.78 is 16.8. The molecule has 0 aromatic rings. The molecule has 1 saturated heterocycles. The average molecular weight is 663 g/mol. The molecule has 5 fully saturated rings. The minimum atomic E-state index is -1.69. The number of ether oxygens (including phenoxy) is 3. The van der Waals surface area contributed by atoms with Crippen molar-refractivity contribution in [1.82, 2.24) is 0 Å². The minimum Gasteiger partial charge on any atom is -0.469 e. The van der Waals surface area contributed by atoms with Crippen LogP contribution in [0.25, 0.3) is 0 Å². The zero-order valence-corrected chi connectivity index (χ0v) is 29.2. The number of methoxy groups -OCH3 is 1. The van der Waals surface area contributed by atoms with Crippen LogP contribution >= 0.6 is 0 Å². The Bertz CT molecular complexity index is 1280. The highest BCUT2D eigenvalue weighted by Gasteiger charge is 2.70. The lowest BCUT2D eigenvalue weighted by molar-refractivity contribution is -0.297. The first kappa shape index (κ1) is 35.3. The van der Waals surface area contributed by atoms with Gasteiger partial charge in [-0.1, -0.05) is 45.8 Å². The molecule has 1 heterocycles. The van der Waals surface area contributed by atoms with Gasteiger partial charge >= 0.3 is 11.9 Å². The molecular weight excluding hydrogens is 604 g/mol. The van der Waals surface area contributed by atoms with Crippen molar-refractivity contribution in [2.45, 2.75) is 136 Å². The van der Waals surface area contributed by atoms with Crippen LogP contribution in [0.3, 0.4) is 0 Å². The molecule has 5 aliphatic carbocycles. The van der Waals surface area contributed by atoms with Crippen molar-refractivity contribution < 1.29 is 49.3 Å². The van der Waals surface area contributed by atoms with Crippen LogP contribution in [0.4, 0.5) is 0 Å². The molecular formula is C37H58O10. The molecule has 0 radical (unpaired) electrons. The van der Waals surface area contributed by atoms with E-state index >= 15 is 0 Å². The number of carbonyl (C=O) groups excluding carboxylic acids is 2. The molecule has 0 spiro atoms. The number of carbonyl (C=O) groups is 2. The van der Waals surface area contributed by atoms with Crippen molar-refractivity contribution in [1.29, 1.82) is 0 Å². The van der Waals surface area contributed by atoms with Crippen molar-refractivity contribution in [2.24, 2.45) is 50.2 Å². The Hall–Kier alpha value is -1.56. The smallest absolute Gasteiger partial charge is 0.315 e. The first-order valence-electron chi connectivity index (χ1n) is 17.9. The second kappa shape index (κ2) is 11.8. The third-order valence-corrected chi connectivity index (χ3v) is 15.5. The fraction of sp³-hybridized carbons (Fsp3) is 0.892. The van der Waals surface area contributed by atoms with E-state index < -0.39 is 54.1 Å². The van der Waals surface area contributed by atoms with Crippen LogP contribution in [0.15, 0.2) is 11.6 Å². The summed E-state index contributed by atoms with van der Waals surface area (Å²) in [6.07, 6.45) is 3.56. The van der Waals surface area contributed by atoms with Gasteiger partial charge in [-0.2, -0.15) is 0 Å². The zero-order chi connectivity index (χ0) is 34.4. The summed E-state index contributed by atoms with van der Waals surface area (Å²) in [7, 11) is 1.41. The van der Waals surface area contributed by atoms with Crippen LogP contribution in [-0.2, 0) is 23.8 Å². The van der Waals surface area contributed by atoms with Gasteiger partial charge in [-0.25, -0.2) is 0 Å². The van der Waals surface area contributed by atoms with Gasteiger partial charge in [0.15, 0.2) is 0 Å². The van der Waals surface area contributed by atoms with E-state index in [9.17, 15) is 35.1 Å². The van der Waals surface area contributed by atoms with Crippen LogP contribution in [0.2, 0.25) is 0 Å². The monoisotopic (exact) mass is 662 g/mol. The fourth-order valence-corrected chi connectivity index (χ4v) is 12.4. The lowest BCUT2D eigenvalue weighted by Crippen LogP contribution is -2.65. The quantitative estimate of drug-likeness (QED) is 0.217. The van der Waals surface area contributed by atoms with Gasteiger partial charge < -0.3 is 39.7 Å². The van der Waals surface area contributed by atoms with Gasteiger partial charge in [-0.15, -0.1) is 0 Å². The van der Waals surface area contributed by atoms with Gasteiger partial charge in [-0.3, -0.25) is 9.59 Å². The molecule has 266 valence electrons. The predicted octanol–water partition coefficient (Wildman–Crippen LogP) is 3.65. The highest BCUT2D eigenvalue weighted by Crippen LogP contribution is 2.76. The molecule has 1 aliphatic heterocycles. The SMILES string of the molecule is COC(=O)[C@@]1(C)CC[C@]2(C(=O)O[C@@H]3O[C@H](CO)[C@@H](O)[C@H](O)[C@H]3O)CC[C@]3(C)C(=CC[C@@H]4[C@@]5(C)CCC[C@@](C)(CO)[C@@H]5CC[C@]43C)[C@@H]2C1. The van der Waals surface area contributed by atoms with Crippen LogP contribution in [0, 0.1) is 50.2 Å². The highest BCUT2D eigenvalue weighted by atomic mass is 16.7. The van der Waals surface area contributed by atoms with Crippen LogP contribution < -0.4 is 0 Å². The van der Waals surface area contributed by atoms with Gasteiger partial charge in [-0.05, 0) is 111 Å². The Balaban J connectivity index is 1.39. The lowest BCUT2D eigenvalue weighted by atomic mass is 9.33. The maximum absolute atomic E-state index is 14.5. The fourth-order valence-electron chi connectivity index (χ4n) is 12.4. The molecule has 10 heteroatoms. The van der Waals surface area contributed by atoms with Crippen molar-refractivity contribution in [2.75, 3.05) is 20.3 Å². The number of aliphatic hydroxyl groups excluding tert-OH is 5. The third kappa shape index (κ3) is 4.85. The van der Waals surface area contributed by atoms with Crippen molar-refractivity contribution in [3.05, 3.63) is 11.6 Å². The Morgan fingerprint density at radius 3 is 2.23 bits per heavy atom. The van der Waals surface area contributed by atoms with Crippen molar-refractivity contribution in [3.8, 4) is 0 Å². The Labute approximate surface area is 279 Å². The summed E-state index contributed by atoms with van der Waals surface area (Å²) in [5.74, 6) is -0.291. The van der Waals surface area contributed by atoms with E-state index in [-0.39, 0.29) is 40.2 Å². The Kier molecular flexibility index (Phi) is 8.83. The van der Waals surface area contributed by atoms with E-state index in [4.69, 9.17) is 14.2 Å². The maximum Gasteiger partial charge on any atom is 0.315 e. The summed E-state index contributed by atoms with van der Waals surface area (Å²) in [5.41, 5.74) is -0.851. The molecule has 47 heavy (non-hydrogen) atoms. The van der Waals surface area contributed by atoms with Crippen LogP contribution in [0.1, 0.15) is 105 Å². The first-order valence-corrected chi connectivity index (χ1v) is 17.9. The second-order valence-electron chi connectivity index (χ2n) is 17.5. The molecule has 14 atom stereocenters. The van der Waals surface area contributed by atoms with Crippen molar-refractivity contribution in [3.63, 3.8) is 0 Å². The molecule has 6 aliphatic rings. The topological polar surface area (TPSA) is 163 Å². The number of allylic oxidation sites excluding steroid dienone is 2. The molecule has 4 saturated carbocycles. The van der Waals surface area contributed by atoms with Gasteiger partial charge in [0.2, 0.25) is 6.29 Å². The van der Waals surface area contributed by atoms with Gasteiger partial charge in [0.05, 0.1) is 24.5 Å². The maximum atomic E-state index is 14.5. The van der Waals surface area contributed by atoms with Gasteiger partial charge in [0.25, 0.3) is 0 Å². The zero-order valence-electron chi connectivity index (χ0n) is 29.2. The van der Waals surface area contributed by atoms with E-state index in [0.717, 1.165) is 44.9 Å². The number of esters is 2. The molecule has 0 aromatic heterocycles. The van der Waals surface area contributed by atoms with Gasteiger partial charge in [0.1, 0.15) is 24.4 Å². The largest absolute Gasteiger partial charge is 0.469 e. The minimum absolute atomic E-state index is 0.0531. The molecule has 0 unspecified atom stereocenters. The standard InChI is InChI=1S/C37H58O10/c1-32(30(43)45-6)14-16-37(31(44)47-29-28(42)27(41)26(40)23(19-38)46-29)17-15-35(4)21(22(37)18-32)8-9-25-34(3)12-7-11-33(2,20-39)24(34)10-13-36(25,35)5/h8,22-29,38-42H,7,9-20H2,1-6H3/t22-,23+,24-,25+,26+,27-,28+,29-,32-,33-,34-,35+,36+,37-/m0/s1. The predicted molar refractivity (Wildman–Crippen MR) is 171 cm³/mol. The summed E-state index contributed by atoms with van der Waals surface area (Å²) >= 11 is 0. The van der Waals surface area contributed by atoms with E-state index in [0.29, 0.717) is 37.5 Å². The second-order valence-corrected chi connectivity index (χ2v) is 17.5. The molecule has 0 aromatic carbocycles. The molecule has 0 amide bonds. The molecule has 5 N–H and O–H groups in total. The molecule has 10 nitrogen and oxygen atoms in total. The van der Waals surface area contributed by atoms with Crippen LogP contribution in [-0.4, -0.2) is 88.5 Å². The lowest BCUT2D eigenvalue weighted by Gasteiger charge is -2.71. The Morgan fingerprint density at radius 1 is 0.872 bits per heavy atom. The van der Waals surface area contributed by atoms with E-state index in [1.807, 2.05) is 6.92 Å². The number of aliphatic hydroxyl groups is 5. The average Bonchev–Trinajstić information content (AvgIpc) is 3.04. The summed E-state index contributed by atoms with van der Waals surface area (Å²) in [6.45, 7) is 11.1. The summed E-state index contributed by atoms with van der Waals surface area (Å²) in [5, 5.41) is 51.7. The van der Waals surface area contributed by atoms with E-state index in [1.54, 1.807) is 0 Å². The molecule has 6 rings (SSSR count). The Morgan fingerprint density at radius 2 is 1.57 bits per heavy atom. The van der Waals surface area contributed by atoms with E-state index in [2.05, 4.69) is 33.8 Å². The van der Waals surface area contributed by atoms with Crippen molar-refractivity contribution >= 4 is 11.9 Å². The number of rotatable bonds is 5. The summed E-state index contributed by atoms with van der Waals surface area (Å²) in [6, 6.07) is 0. The van der Waals surface area contributed by atoms with Gasteiger partial charge in [0, 0.05) is 6.61 Å². The number of hydrogen-bond donors (Lipinski definition) is 5. The van der Waals surface area contributed by atoms with E-state index in [1.165, 1.54) is 12.7 Å². The molecule has 0 bridgehead atoms.